The Morgan fingerprint density at radius 1 is 1.21 bits per heavy atom. The summed E-state index contributed by atoms with van der Waals surface area (Å²) < 4.78 is 10.4. The third-order valence-corrected chi connectivity index (χ3v) is 4.24. The van der Waals surface area contributed by atoms with E-state index >= 15 is 0 Å². The molecule has 1 amide bonds. The number of carbonyl (C=O) groups excluding carboxylic acids is 1. The molecule has 124 valence electrons. The standard InChI is InChI=1S/C18H18N2O3S/c1-22-15-6-7-17(23-2)16(9-15)20-18(21)12-24-11-14-5-3-4-13(8-14)10-19/h3-9H,11-12H2,1-2H3,(H,20,21). The van der Waals surface area contributed by atoms with Crippen LogP contribution in [0.1, 0.15) is 11.1 Å². The van der Waals surface area contributed by atoms with Gasteiger partial charge >= 0.3 is 0 Å². The van der Waals surface area contributed by atoms with Gasteiger partial charge in [0.25, 0.3) is 0 Å². The molecule has 0 aliphatic carbocycles. The normalized spacial score (nSPS) is 9.88. The molecule has 0 atom stereocenters. The van der Waals surface area contributed by atoms with E-state index in [1.807, 2.05) is 18.2 Å². The molecule has 0 saturated carbocycles. The van der Waals surface area contributed by atoms with Crippen molar-refractivity contribution < 1.29 is 14.3 Å². The molecule has 24 heavy (non-hydrogen) atoms. The molecule has 2 rings (SSSR count). The van der Waals surface area contributed by atoms with Crippen LogP contribution < -0.4 is 14.8 Å². The Morgan fingerprint density at radius 3 is 2.75 bits per heavy atom. The summed E-state index contributed by atoms with van der Waals surface area (Å²) in [5.74, 6) is 2.07. The van der Waals surface area contributed by atoms with Crippen LogP contribution in [-0.2, 0) is 10.5 Å². The minimum absolute atomic E-state index is 0.122. The van der Waals surface area contributed by atoms with Crippen molar-refractivity contribution in [3.05, 3.63) is 53.6 Å². The third kappa shape index (κ3) is 4.93. The number of hydrogen-bond donors (Lipinski definition) is 1. The Kier molecular flexibility index (Phi) is 6.52. The maximum Gasteiger partial charge on any atom is 0.234 e. The van der Waals surface area contributed by atoms with Crippen molar-refractivity contribution in [3.8, 4) is 17.6 Å². The average Bonchev–Trinajstić information content (AvgIpc) is 2.61. The van der Waals surface area contributed by atoms with Gasteiger partial charge in [0.2, 0.25) is 5.91 Å². The molecule has 0 bridgehead atoms. The van der Waals surface area contributed by atoms with Gasteiger partial charge in [0, 0.05) is 11.8 Å². The second kappa shape index (κ2) is 8.85. The van der Waals surface area contributed by atoms with Gasteiger partial charge < -0.3 is 14.8 Å². The average molecular weight is 342 g/mol. The Hall–Kier alpha value is -2.65. The van der Waals surface area contributed by atoms with E-state index in [4.69, 9.17) is 14.7 Å². The number of nitrogens with one attached hydrogen (secondary N) is 1. The molecule has 0 saturated heterocycles. The van der Waals surface area contributed by atoms with Gasteiger partial charge in [0.15, 0.2) is 0 Å². The second-order valence-corrected chi connectivity index (χ2v) is 5.90. The molecule has 0 aromatic heterocycles. The zero-order valence-corrected chi connectivity index (χ0v) is 14.4. The van der Waals surface area contributed by atoms with Crippen LogP contribution in [0.25, 0.3) is 0 Å². The number of ether oxygens (including phenoxy) is 2. The summed E-state index contributed by atoms with van der Waals surface area (Å²) in [6.07, 6.45) is 0. The van der Waals surface area contributed by atoms with Crippen LogP contribution in [0.4, 0.5) is 5.69 Å². The molecule has 0 heterocycles. The summed E-state index contributed by atoms with van der Waals surface area (Å²) in [6.45, 7) is 0. The Balaban J connectivity index is 1.90. The van der Waals surface area contributed by atoms with E-state index in [9.17, 15) is 4.79 Å². The minimum Gasteiger partial charge on any atom is -0.497 e. The van der Waals surface area contributed by atoms with E-state index in [1.165, 1.54) is 11.8 Å². The summed E-state index contributed by atoms with van der Waals surface area (Å²) >= 11 is 1.48. The van der Waals surface area contributed by atoms with Crippen molar-refractivity contribution in [2.45, 2.75) is 5.75 Å². The van der Waals surface area contributed by atoms with E-state index in [0.717, 1.165) is 5.56 Å². The van der Waals surface area contributed by atoms with Crippen LogP contribution in [0.2, 0.25) is 0 Å². The number of nitriles is 1. The van der Waals surface area contributed by atoms with Gasteiger partial charge in [-0.05, 0) is 29.8 Å². The van der Waals surface area contributed by atoms with E-state index in [0.29, 0.717) is 34.3 Å². The molecule has 2 aromatic rings. The lowest BCUT2D eigenvalue weighted by Gasteiger charge is -2.11. The molecule has 0 radical (unpaired) electrons. The predicted molar refractivity (Wildman–Crippen MR) is 95.5 cm³/mol. The number of anilines is 1. The lowest BCUT2D eigenvalue weighted by Crippen LogP contribution is -2.15. The molecule has 0 spiro atoms. The summed E-state index contributed by atoms with van der Waals surface area (Å²) in [5, 5.41) is 11.7. The first-order valence-electron chi connectivity index (χ1n) is 7.25. The van der Waals surface area contributed by atoms with Gasteiger partial charge in [0.05, 0.1) is 37.3 Å². The predicted octanol–water partition coefficient (Wildman–Crippen LogP) is 3.45. The highest BCUT2D eigenvalue weighted by Crippen LogP contribution is 2.29. The maximum absolute atomic E-state index is 12.1. The number of rotatable bonds is 7. The fourth-order valence-corrected chi connectivity index (χ4v) is 2.87. The van der Waals surface area contributed by atoms with Crippen molar-refractivity contribution >= 4 is 23.4 Å². The second-order valence-electron chi connectivity index (χ2n) is 4.92. The van der Waals surface area contributed by atoms with Crippen LogP contribution in [0.15, 0.2) is 42.5 Å². The third-order valence-electron chi connectivity index (χ3n) is 3.24. The fraction of sp³-hybridized carbons (Fsp3) is 0.222. The molecular formula is C18H18N2O3S. The van der Waals surface area contributed by atoms with Crippen LogP contribution in [-0.4, -0.2) is 25.9 Å². The number of amides is 1. The van der Waals surface area contributed by atoms with E-state index in [-0.39, 0.29) is 5.91 Å². The van der Waals surface area contributed by atoms with Crippen molar-refractivity contribution in [2.24, 2.45) is 0 Å². The number of nitrogens with zero attached hydrogens (tertiary/aromatic N) is 1. The summed E-state index contributed by atoms with van der Waals surface area (Å²) in [4.78, 5) is 12.1. The zero-order chi connectivity index (χ0) is 17.4. The zero-order valence-electron chi connectivity index (χ0n) is 13.5. The van der Waals surface area contributed by atoms with E-state index in [1.54, 1.807) is 38.5 Å². The number of methoxy groups -OCH3 is 2. The van der Waals surface area contributed by atoms with Gasteiger partial charge in [-0.1, -0.05) is 12.1 Å². The summed E-state index contributed by atoms with van der Waals surface area (Å²) in [7, 11) is 3.12. The number of thioether (sulfide) groups is 1. The van der Waals surface area contributed by atoms with Crippen LogP contribution in [0.3, 0.4) is 0 Å². The monoisotopic (exact) mass is 342 g/mol. The van der Waals surface area contributed by atoms with Gasteiger partial charge in [-0.15, -0.1) is 11.8 Å². The van der Waals surface area contributed by atoms with E-state index < -0.39 is 0 Å². The molecular weight excluding hydrogens is 324 g/mol. The molecule has 0 fully saturated rings. The molecule has 5 nitrogen and oxygen atoms in total. The fourth-order valence-electron chi connectivity index (χ4n) is 2.09. The van der Waals surface area contributed by atoms with Crippen molar-refractivity contribution in [1.82, 2.24) is 0 Å². The summed E-state index contributed by atoms with van der Waals surface area (Å²) in [5.41, 5.74) is 2.22. The molecule has 0 aliphatic rings. The smallest absolute Gasteiger partial charge is 0.234 e. The van der Waals surface area contributed by atoms with Crippen LogP contribution in [0, 0.1) is 11.3 Å². The first-order valence-corrected chi connectivity index (χ1v) is 8.40. The number of carbonyl (C=O) groups is 1. The molecule has 0 unspecified atom stereocenters. The SMILES string of the molecule is COc1ccc(OC)c(NC(=O)CSCc2cccc(C#N)c2)c1. The first-order chi connectivity index (χ1) is 11.7. The Bertz CT molecular complexity index is 756. The van der Waals surface area contributed by atoms with E-state index in [2.05, 4.69) is 11.4 Å². The highest BCUT2D eigenvalue weighted by molar-refractivity contribution is 7.99. The van der Waals surface area contributed by atoms with Gasteiger partial charge in [0.1, 0.15) is 11.5 Å². The molecule has 1 N–H and O–H groups in total. The Labute approximate surface area is 145 Å². The van der Waals surface area contributed by atoms with Crippen molar-refractivity contribution in [2.75, 3.05) is 25.3 Å². The lowest BCUT2D eigenvalue weighted by molar-refractivity contribution is -0.113. The van der Waals surface area contributed by atoms with Crippen LogP contribution in [0.5, 0.6) is 11.5 Å². The molecule has 2 aromatic carbocycles. The van der Waals surface area contributed by atoms with Gasteiger partial charge in [-0.25, -0.2) is 0 Å². The summed E-state index contributed by atoms with van der Waals surface area (Å²) in [6, 6.07) is 14.7. The number of hydrogen-bond acceptors (Lipinski definition) is 5. The molecule has 6 heteroatoms. The molecule has 0 aliphatic heterocycles. The topological polar surface area (TPSA) is 71.3 Å². The first kappa shape index (κ1) is 17.7. The van der Waals surface area contributed by atoms with Crippen LogP contribution >= 0.6 is 11.8 Å². The largest absolute Gasteiger partial charge is 0.497 e. The Morgan fingerprint density at radius 2 is 2.04 bits per heavy atom. The number of benzene rings is 2. The quantitative estimate of drug-likeness (QED) is 0.834. The highest BCUT2D eigenvalue weighted by atomic mass is 32.2. The van der Waals surface area contributed by atoms with Crippen molar-refractivity contribution in [3.63, 3.8) is 0 Å². The maximum atomic E-state index is 12.1. The highest BCUT2D eigenvalue weighted by Gasteiger charge is 2.09. The lowest BCUT2D eigenvalue weighted by atomic mass is 10.2. The van der Waals surface area contributed by atoms with Gasteiger partial charge in [-0.3, -0.25) is 4.79 Å². The minimum atomic E-state index is -0.122. The van der Waals surface area contributed by atoms with Gasteiger partial charge in [-0.2, -0.15) is 5.26 Å². The van der Waals surface area contributed by atoms with Crippen molar-refractivity contribution in [1.29, 1.82) is 5.26 Å².